The first-order valence-electron chi connectivity index (χ1n) is 10.3. The van der Waals surface area contributed by atoms with Crippen LogP contribution in [-0.4, -0.2) is 12.5 Å². The number of benzene rings is 3. The summed E-state index contributed by atoms with van der Waals surface area (Å²) in [6.07, 6.45) is 1.10. The fraction of sp³-hybridized carbons (Fsp3) is 0.269. The Morgan fingerprint density at radius 3 is 2.55 bits per heavy atom. The van der Waals surface area contributed by atoms with Gasteiger partial charge in [0.1, 0.15) is 0 Å². The lowest BCUT2D eigenvalue weighted by atomic mass is 10.00. The molecule has 4 rings (SSSR count). The molecular formula is C26H28N2O. The van der Waals surface area contributed by atoms with Crippen LogP contribution in [0.3, 0.4) is 0 Å². The van der Waals surface area contributed by atoms with Crippen molar-refractivity contribution in [1.82, 2.24) is 5.32 Å². The van der Waals surface area contributed by atoms with Crippen LogP contribution >= 0.6 is 0 Å². The number of nitrogens with zero attached hydrogens (tertiary/aromatic N) is 1. The van der Waals surface area contributed by atoms with Crippen LogP contribution in [-0.2, 0) is 13.0 Å². The van der Waals surface area contributed by atoms with Crippen molar-refractivity contribution in [1.29, 1.82) is 0 Å². The molecule has 0 unspecified atom stereocenters. The molecule has 0 aliphatic carbocycles. The van der Waals surface area contributed by atoms with Crippen molar-refractivity contribution in [3.05, 3.63) is 100 Å². The lowest BCUT2D eigenvalue weighted by Gasteiger charge is -2.20. The summed E-state index contributed by atoms with van der Waals surface area (Å²) < 4.78 is 0. The second-order valence-corrected chi connectivity index (χ2v) is 8.05. The van der Waals surface area contributed by atoms with Crippen LogP contribution in [0.2, 0.25) is 0 Å². The summed E-state index contributed by atoms with van der Waals surface area (Å²) in [6, 6.07) is 22.9. The van der Waals surface area contributed by atoms with Crippen molar-refractivity contribution >= 4 is 11.6 Å². The third-order valence-electron chi connectivity index (χ3n) is 5.81. The Kier molecular flexibility index (Phi) is 5.39. The largest absolute Gasteiger partial charge is 0.367 e. The molecule has 0 radical (unpaired) electrons. The number of nitrogens with one attached hydrogen (secondary N) is 1. The lowest BCUT2D eigenvalue weighted by molar-refractivity contribution is 0.0940. The second kappa shape index (κ2) is 8.12. The van der Waals surface area contributed by atoms with E-state index in [1.54, 1.807) is 0 Å². The molecule has 3 heteroatoms. The molecule has 0 fully saturated rings. The molecule has 1 atom stereocenters. The van der Waals surface area contributed by atoms with Gasteiger partial charge in [-0.05, 0) is 67.6 Å². The van der Waals surface area contributed by atoms with E-state index in [9.17, 15) is 4.79 Å². The number of carbonyl (C=O) groups excluding carboxylic acids is 1. The number of rotatable bonds is 5. The fourth-order valence-corrected chi connectivity index (χ4v) is 4.22. The van der Waals surface area contributed by atoms with E-state index >= 15 is 0 Å². The minimum absolute atomic E-state index is 0.0242. The first kappa shape index (κ1) is 19.3. The van der Waals surface area contributed by atoms with Crippen LogP contribution < -0.4 is 10.2 Å². The van der Waals surface area contributed by atoms with E-state index in [0.717, 1.165) is 25.1 Å². The molecule has 3 aromatic rings. The first-order chi connectivity index (χ1) is 14.0. The number of hydrogen-bond acceptors (Lipinski definition) is 2. The minimum atomic E-state index is -0.0319. The minimum Gasteiger partial charge on any atom is -0.367 e. The van der Waals surface area contributed by atoms with Gasteiger partial charge in [-0.25, -0.2) is 0 Å². The molecule has 148 valence electrons. The van der Waals surface area contributed by atoms with Gasteiger partial charge in [-0.15, -0.1) is 0 Å². The molecule has 0 bridgehead atoms. The van der Waals surface area contributed by atoms with Crippen molar-refractivity contribution in [3.63, 3.8) is 0 Å². The Bertz CT molecular complexity index is 1020. The molecule has 0 spiro atoms. The van der Waals surface area contributed by atoms with E-state index in [4.69, 9.17) is 0 Å². The number of fused-ring (bicyclic) bond motifs is 1. The summed E-state index contributed by atoms with van der Waals surface area (Å²) in [5, 5.41) is 3.13. The van der Waals surface area contributed by atoms with Gasteiger partial charge in [0, 0.05) is 24.3 Å². The monoisotopic (exact) mass is 384 g/mol. The van der Waals surface area contributed by atoms with Crippen LogP contribution in [0.1, 0.15) is 51.1 Å². The number of anilines is 1. The highest BCUT2D eigenvalue weighted by Crippen LogP contribution is 2.28. The topological polar surface area (TPSA) is 32.3 Å². The predicted molar refractivity (Wildman–Crippen MR) is 119 cm³/mol. The molecule has 29 heavy (non-hydrogen) atoms. The lowest BCUT2D eigenvalue weighted by Crippen LogP contribution is -2.27. The molecule has 1 N–H and O–H groups in total. The first-order valence-corrected chi connectivity index (χ1v) is 10.3. The average molecular weight is 385 g/mol. The zero-order valence-corrected chi connectivity index (χ0v) is 17.4. The van der Waals surface area contributed by atoms with Crippen molar-refractivity contribution in [2.75, 3.05) is 11.4 Å². The van der Waals surface area contributed by atoms with Gasteiger partial charge in [0.15, 0.2) is 0 Å². The van der Waals surface area contributed by atoms with E-state index in [1.807, 2.05) is 19.1 Å². The molecule has 0 saturated heterocycles. The van der Waals surface area contributed by atoms with Crippen LogP contribution in [0.25, 0.3) is 0 Å². The Labute approximate surface area is 173 Å². The van der Waals surface area contributed by atoms with Gasteiger partial charge in [0.05, 0.1) is 6.04 Å². The van der Waals surface area contributed by atoms with Gasteiger partial charge >= 0.3 is 0 Å². The molecule has 1 heterocycles. The quantitative estimate of drug-likeness (QED) is 0.642. The van der Waals surface area contributed by atoms with Gasteiger partial charge in [0.2, 0.25) is 0 Å². The number of amides is 1. The van der Waals surface area contributed by atoms with E-state index < -0.39 is 0 Å². The van der Waals surface area contributed by atoms with E-state index in [-0.39, 0.29) is 11.9 Å². The number of aryl methyl sites for hydroxylation is 2. The standard InChI is InChI=1S/C26H28N2O/c1-18-8-13-24(19(2)16-18)20(3)27-26(29)23-11-9-21(10-12-23)17-28-15-14-22-6-4-5-7-25(22)28/h4-13,16,20H,14-15,17H2,1-3H3,(H,27,29)/t20-/m1/s1. The van der Waals surface area contributed by atoms with Crippen molar-refractivity contribution in [2.45, 2.75) is 39.8 Å². The summed E-state index contributed by atoms with van der Waals surface area (Å²) in [6.45, 7) is 8.14. The van der Waals surface area contributed by atoms with Crippen LogP contribution in [0, 0.1) is 13.8 Å². The third-order valence-corrected chi connectivity index (χ3v) is 5.81. The summed E-state index contributed by atoms with van der Waals surface area (Å²) in [7, 11) is 0. The summed E-state index contributed by atoms with van der Waals surface area (Å²) in [5.74, 6) is -0.0319. The highest BCUT2D eigenvalue weighted by Gasteiger charge is 2.18. The second-order valence-electron chi connectivity index (χ2n) is 8.05. The Morgan fingerprint density at radius 2 is 1.79 bits per heavy atom. The van der Waals surface area contributed by atoms with Crippen molar-refractivity contribution < 1.29 is 4.79 Å². The SMILES string of the molecule is Cc1ccc([C@@H](C)NC(=O)c2ccc(CN3CCc4ccccc43)cc2)c(C)c1. The molecule has 3 nitrogen and oxygen atoms in total. The highest BCUT2D eigenvalue weighted by molar-refractivity contribution is 5.94. The molecular weight excluding hydrogens is 356 g/mol. The summed E-state index contributed by atoms with van der Waals surface area (Å²) in [4.78, 5) is 15.1. The number of carbonyl (C=O) groups is 1. The van der Waals surface area contributed by atoms with Gasteiger partial charge in [-0.3, -0.25) is 4.79 Å². The van der Waals surface area contributed by atoms with Crippen molar-refractivity contribution in [3.8, 4) is 0 Å². The molecule has 1 aliphatic heterocycles. The zero-order valence-electron chi connectivity index (χ0n) is 17.4. The maximum absolute atomic E-state index is 12.7. The maximum Gasteiger partial charge on any atom is 0.251 e. The number of hydrogen-bond donors (Lipinski definition) is 1. The van der Waals surface area contributed by atoms with Crippen LogP contribution in [0.15, 0.2) is 66.7 Å². The molecule has 3 aromatic carbocycles. The molecule has 0 saturated carbocycles. The summed E-state index contributed by atoms with van der Waals surface area (Å²) in [5.41, 5.74) is 8.28. The normalized spacial score (nSPS) is 13.8. The highest BCUT2D eigenvalue weighted by atomic mass is 16.1. The Hall–Kier alpha value is -3.07. The van der Waals surface area contributed by atoms with Gasteiger partial charge in [0.25, 0.3) is 5.91 Å². The fourth-order valence-electron chi connectivity index (χ4n) is 4.22. The molecule has 1 amide bonds. The maximum atomic E-state index is 12.7. The molecule has 0 aromatic heterocycles. The smallest absolute Gasteiger partial charge is 0.251 e. The number of para-hydroxylation sites is 1. The van der Waals surface area contributed by atoms with E-state index in [0.29, 0.717) is 5.56 Å². The van der Waals surface area contributed by atoms with Gasteiger partial charge in [-0.2, -0.15) is 0 Å². The van der Waals surface area contributed by atoms with Crippen molar-refractivity contribution in [2.24, 2.45) is 0 Å². The van der Waals surface area contributed by atoms with Gasteiger partial charge < -0.3 is 10.2 Å². The van der Waals surface area contributed by atoms with Gasteiger partial charge in [-0.1, -0.05) is 54.1 Å². The van der Waals surface area contributed by atoms with E-state index in [1.165, 1.54) is 27.9 Å². The van der Waals surface area contributed by atoms with Crippen LogP contribution in [0.4, 0.5) is 5.69 Å². The predicted octanol–water partition coefficient (Wildman–Crippen LogP) is 5.36. The Morgan fingerprint density at radius 1 is 1.03 bits per heavy atom. The Balaban J connectivity index is 1.40. The van der Waals surface area contributed by atoms with E-state index in [2.05, 4.69) is 78.7 Å². The summed E-state index contributed by atoms with van der Waals surface area (Å²) >= 11 is 0. The molecule has 1 aliphatic rings. The average Bonchev–Trinajstić information content (AvgIpc) is 3.11. The zero-order chi connectivity index (χ0) is 20.4. The van der Waals surface area contributed by atoms with Crippen LogP contribution in [0.5, 0.6) is 0 Å². The third kappa shape index (κ3) is 4.19.